The maximum Gasteiger partial charge on any atom is 0.241 e. The number of fused-ring (bicyclic) bond motifs is 1. The third-order valence-corrected chi connectivity index (χ3v) is 6.71. The molecule has 6 nitrogen and oxygen atoms in total. The van der Waals surface area contributed by atoms with Crippen molar-refractivity contribution in [2.24, 2.45) is 5.41 Å². The van der Waals surface area contributed by atoms with Gasteiger partial charge in [-0.3, -0.25) is 14.3 Å². The van der Waals surface area contributed by atoms with Crippen LogP contribution in [0.2, 0.25) is 0 Å². The Hall–Kier alpha value is -2.41. The van der Waals surface area contributed by atoms with Crippen molar-refractivity contribution in [1.82, 2.24) is 9.62 Å². The van der Waals surface area contributed by atoms with Crippen molar-refractivity contribution in [3.8, 4) is 0 Å². The van der Waals surface area contributed by atoms with Crippen LogP contribution in [0.25, 0.3) is 10.8 Å². The quantitative estimate of drug-likeness (QED) is 0.805. The Morgan fingerprint density at radius 1 is 1.14 bits per heavy atom. The van der Waals surface area contributed by atoms with Crippen LogP contribution >= 0.6 is 0 Å². The van der Waals surface area contributed by atoms with Gasteiger partial charge >= 0.3 is 0 Å². The fourth-order valence-corrected chi connectivity index (χ4v) is 4.75. The zero-order chi connectivity index (χ0) is 20.4. The molecule has 7 heteroatoms. The third-order valence-electron chi connectivity index (χ3n) is 5.26. The molecule has 1 aliphatic heterocycles. The number of amides is 2. The van der Waals surface area contributed by atoms with E-state index in [0.717, 1.165) is 16.3 Å². The van der Waals surface area contributed by atoms with Gasteiger partial charge in [0.1, 0.15) is 0 Å². The first-order chi connectivity index (χ1) is 13.2. The highest BCUT2D eigenvalue weighted by Gasteiger charge is 2.43. The molecule has 150 valence electrons. The Labute approximate surface area is 166 Å². The number of hydrogen-bond donors (Lipinski definition) is 1. The summed E-state index contributed by atoms with van der Waals surface area (Å²) in [6.45, 7) is 4.14. The Morgan fingerprint density at radius 3 is 2.57 bits per heavy atom. The average molecular weight is 403 g/mol. The second kappa shape index (κ2) is 7.91. The van der Waals surface area contributed by atoms with Gasteiger partial charge in [0.15, 0.2) is 0 Å². The lowest BCUT2D eigenvalue weighted by atomic mass is 9.89. The summed E-state index contributed by atoms with van der Waals surface area (Å²) >= 11 is 0. The molecule has 0 bridgehead atoms. The Morgan fingerprint density at radius 2 is 1.86 bits per heavy atom. The molecule has 2 aromatic carbocycles. The maximum atomic E-state index is 12.7. The summed E-state index contributed by atoms with van der Waals surface area (Å²) in [4.78, 5) is 26.9. The Balaban J connectivity index is 1.65. The molecule has 1 heterocycles. The van der Waals surface area contributed by atoms with E-state index in [2.05, 4.69) is 4.72 Å². The van der Waals surface area contributed by atoms with Gasteiger partial charge in [-0.25, -0.2) is 8.42 Å². The predicted octanol–water partition coefficient (Wildman–Crippen LogP) is 2.48. The highest BCUT2D eigenvalue weighted by molar-refractivity contribution is 7.90. The van der Waals surface area contributed by atoms with E-state index < -0.39 is 21.3 Å². The van der Waals surface area contributed by atoms with Gasteiger partial charge in [0.05, 0.1) is 17.6 Å². The van der Waals surface area contributed by atoms with Crippen LogP contribution in [0.15, 0.2) is 42.5 Å². The lowest BCUT2D eigenvalue weighted by Gasteiger charge is -2.23. The van der Waals surface area contributed by atoms with Crippen molar-refractivity contribution in [3.63, 3.8) is 0 Å². The molecule has 1 N–H and O–H groups in total. The zero-order valence-electron chi connectivity index (χ0n) is 16.3. The summed E-state index contributed by atoms with van der Waals surface area (Å²) in [5, 5.41) is 2.21. The molecular formula is C21H26N2O4S. The van der Waals surface area contributed by atoms with Crippen LogP contribution < -0.4 is 4.72 Å². The van der Waals surface area contributed by atoms with Crippen LogP contribution in [0.1, 0.15) is 32.3 Å². The smallest absolute Gasteiger partial charge is 0.241 e. The van der Waals surface area contributed by atoms with Crippen LogP contribution in [-0.2, 0) is 26.0 Å². The number of hydrogen-bond acceptors (Lipinski definition) is 4. The lowest BCUT2D eigenvalue weighted by molar-refractivity contribution is -0.131. The van der Waals surface area contributed by atoms with Gasteiger partial charge in [-0.05, 0) is 36.1 Å². The van der Waals surface area contributed by atoms with Crippen LogP contribution in [0.5, 0.6) is 0 Å². The van der Waals surface area contributed by atoms with Crippen molar-refractivity contribution in [2.45, 2.75) is 33.1 Å². The minimum absolute atomic E-state index is 0.0526. The van der Waals surface area contributed by atoms with E-state index in [-0.39, 0.29) is 24.6 Å². The molecule has 0 saturated carbocycles. The minimum Gasteiger partial charge on any atom is -0.341 e. The van der Waals surface area contributed by atoms with Crippen LogP contribution in [0, 0.1) is 5.41 Å². The fourth-order valence-electron chi connectivity index (χ4n) is 3.58. The number of carbonyl (C=O) groups excluding carboxylic acids is 2. The average Bonchev–Trinajstić information content (AvgIpc) is 3.05. The highest BCUT2D eigenvalue weighted by Crippen LogP contribution is 2.31. The summed E-state index contributed by atoms with van der Waals surface area (Å²) in [6.07, 6.45) is 1.15. The van der Waals surface area contributed by atoms with E-state index in [1.165, 1.54) is 0 Å². The van der Waals surface area contributed by atoms with Crippen molar-refractivity contribution in [2.75, 3.05) is 18.8 Å². The molecule has 1 unspecified atom stereocenters. The van der Waals surface area contributed by atoms with Crippen molar-refractivity contribution in [3.05, 3.63) is 48.0 Å². The number of benzene rings is 2. The molecule has 0 spiro atoms. The van der Waals surface area contributed by atoms with Crippen molar-refractivity contribution >= 4 is 32.6 Å². The molecule has 3 rings (SSSR count). The molecule has 1 saturated heterocycles. The second-order valence-corrected chi connectivity index (χ2v) is 9.58. The van der Waals surface area contributed by atoms with E-state index in [4.69, 9.17) is 0 Å². The van der Waals surface area contributed by atoms with E-state index in [1.807, 2.05) is 42.5 Å². The number of nitrogens with zero attached hydrogens (tertiary/aromatic N) is 1. The summed E-state index contributed by atoms with van der Waals surface area (Å²) in [7, 11) is -3.62. The topological polar surface area (TPSA) is 83.6 Å². The van der Waals surface area contributed by atoms with E-state index in [1.54, 1.807) is 18.7 Å². The molecule has 2 aromatic rings. The van der Waals surface area contributed by atoms with Gasteiger partial charge < -0.3 is 4.90 Å². The monoisotopic (exact) mass is 402 g/mol. The summed E-state index contributed by atoms with van der Waals surface area (Å²) in [6, 6.07) is 13.9. The van der Waals surface area contributed by atoms with Gasteiger partial charge in [-0.2, -0.15) is 0 Å². The minimum atomic E-state index is -3.62. The number of carbonyl (C=O) groups is 2. The van der Waals surface area contributed by atoms with E-state index in [0.29, 0.717) is 19.4 Å². The first-order valence-corrected chi connectivity index (χ1v) is 11.2. The van der Waals surface area contributed by atoms with E-state index in [9.17, 15) is 18.0 Å². The molecule has 1 aliphatic rings. The molecule has 1 fully saturated rings. The normalized spacial score (nSPS) is 19.7. The van der Waals surface area contributed by atoms with Crippen molar-refractivity contribution in [1.29, 1.82) is 0 Å². The van der Waals surface area contributed by atoms with Gasteiger partial charge in [0.2, 0.25) is 21.8 Å². The molecule has 0 aromatic heterocycles. The van der Waals surface area contributed by atoms with Crippen LogP contribution in [0.3, 0.4) is 0 Å². The van der Waals surface area contributed by atoms with Gasteiger partial charge in [-0.15, -0.1) is 0 Å². The largest absolute Gasteiger partial charge is 0.341 e. The van der Waals surface area contributed by atoms with Crippen molar-refractivity contribution < 1.29 is 18.0 Å². The number of likely N-dealkylation sites (tertiary alicyclic amines) is 1. The molecule has 2 amide bonds. The van der Waals surface area contributed by atoms with Crippen LogP contribution in [-0.4, -0.2) is 44.0 Å². The first-order valence-electron chi connectivity index (χ1n) is 9.53. The zero-order valence-corrected chi connectivity index (χ0v) is 17.1. The number of nitrogens with one attached hydrogen (secondary N) is 1. The summed E-state index contributed by atoms with van der Waals surface area (Å²) in [5.41, 5.74) is 0.0344. The van der Waals surface area contributed by atoms with Gasteiger partial charge in [-0.1, -0.05) is 49.4 Å². The SMILES string of the molecule is CCCS(=O)(=O)NC(=O)C1(C)CCN(C(=O)Cc2ccc3ccccc3c2)C1. The lowest BCUT2D eigenvalue weighted by Crippen LogP contribution is -2.45. The fraction of sp³-hybridized carbons (Fsp3) is 0.429. The van der Waals surface area contributed by atoms with Gasteiger partial charge in [0.25, 0.3) is 0 Å². The molecule has 28 heavy (non-hydrogen) atoms. The summed E-state index contributed by atoms with van der Waals surface area (Å²) in [5.74, 6) is -0.662. The number of sulfonamides is 1. The molecule has 1 atom stereocenters. The Kier molecular flexibility index (Phi) is 5.74. The molecule has 0 aliphatic carbocycles. The second-order valence-electron chi connectivity index (χ2n) is 7.73. The Bertz CT molecular complexity index is 1000. The predicted molar refractivity (Wildman–Crippen MR) is 109 cm³/mol. The first kappa shape index (κ1) is 20.3. The molecule has 0 radical (unpaired) electrons. The molecular weight excluding hydrogens is 376 g/mol. The van der Waals surface area contributed by atoms with Gasteiger partial charge in [0, 0.05) is 13.1 Å². The highest BCUT2D eigenvalue weighted by atomic mass is 32.2. The maximum absolute atomic E-state index is 12.7. The standard InChI is InChI=1S/C21H26N2O4S/c1-3-12-28(26,27)22-20(25)21(2)10-11-23(15-21)19(24)14-16-8-9-17-6-4-5-7-18(17)13-16/h4-9,13H,3,10-12,14-15H2,1-2H3,(H,22,25). The third kappa shape index (κ3) is 4.52. The van der Waals surface area contributed by atoms with E-state index >= 15 is 0 Å². The summed E-state index contributed by atoms with van der Waals surface area (Å²) < 4.78 is 25.9. The number of rotatable bonds is 6. The van der Waals surface area contributed by atoms with Crippen LogP contribution in [0.4, 0.5) is 0 Å².